The molecule has 0 aromatic heterocycles. The van der Waals surface area contributed by atoms with E-state index < -0.39 is 0 Å². The summed E-state index contributed by atoms with van der Waals surface area (Å²) in [6.07, 6.45) is 0. The molecule has 4 nitrogen and oxygen atoms in total. The van der Waals surface area contributed by atoms with E-state index in [1.165, 1.54) is 0 Å². The zero-order chi connectivity index (χ0) is 12.1. The highest BCUT2D eigenvalue weighted by Gasteiger charge is 1.99. The van der Waals surface area contributed by atoms with Crippen molar-refractivity contribution in [3.63, 3.8) is 0 Å². The summed E-state index contributed by atoms with van der Waals surface area (Å²) < 4.78 is 0. The molecule has 1 aromatic rings. The lowest BCUT2D eigenvalue weighted by Gasteiger charge is -2.13. The first-order valence-electron chi connectivity index (χ1n) is 4.64. The molecule has 0 aliphatic rings. The number of hydrogen-bond donors (Lipinski definition) is 3. The molecule has 0 amide bonds. The van der Waals surface area contributed by atoms with E-state index in [4.69, 9.17) is 18.0 Å². The number of benzene rings is 1. The van der Waals surface area contributed by atoms with Gasteiger partial charge in [0.25, 0.3) is 0 Å². The second-order valence-electron chi connectivity index (χ2n) is 3.38. The Morgan fingerprint density at radius 3 is 2.19 bits per heavy atom. The summed E-state index contributed by atoms with van der Waals surface area (Å²) in [5.41, 5.74) is 7.31. The largest absolute Gasteiger partial charge is 0.378 e. The molecular weight excluding hydrogens is 240 g/mol. The molecule has 0 saturated heterocycles. The fourth-order valence-electron chi connectivity index (χ4n) is 1.12. The summed E-state index contributed by atoms with van der Waals surface area (Å²) in [6.45, 7) is 0. The van der Waals surface area contributed by atoms with Crippen molar-refractivity contribution in [3.8, 4) is 0 Å². The van der Waals surface area contributed by atoms with E-state index in [-0.39, 0.29) is 5.11 Å². The molecule has 0 fully saturated rings. The molecule has 0 atom stereocenters. The molecule has 1 rings (SSSR count). The fraction of sp³-hybridized carbons (Fsp3) is 0.200. The Hall–Kier alpha value is -1.40. The summed E-state index contributed by atoms with van der Waals surface area (Å²) in [7, 11) is 3.98. The van der Waals surface area contributed by atoms with E-state index in [0.29, 0.717) is 5.11 Å². The molecule has 0 heterocycles. The average Bonchev–Trinajstić information content (AvgIpc) is 2.16. The van der Waals surface area contributed by atoms with Gasteiger partial charge in [-0.05, 0) is 48.7 Å². The minimum absolute atomic E-state index is 0.155. The minimum atomic E-state index is 0.155. The molecular formula is C10H14N4S2. The van der Waals surface area contributed by atoms with Gasteiger partial charge in [0.1, 0.15) is 0 Å². The molecule has 86 valence electrons. The summed E-state index contributed by atoms with van der Waals surface area (Å²) in [4.78, 5) is 2.02. The van der Waals surface area contributed by atoms with Crippen LogP contribution in [0.15, 0.2) is 24.3 Å². The van der Waals surface area contributed by atoms with Crippen LogP contribution in [-0.4, -0.2) is 24.3 Å². The third kappa shape index (κ3) is 4.00. The maximum absolute atomic E-state index is 5.30. The van der Waals surface area contributed by atoms with Gasteiger partial charge in [-0.3, -0.25) is 0 Å². The molecule has 4 N–H and O–H groups in total. The van der Waals surface area contributed by atoms with Crippen molar-refractivity contribution in [1.82, 2.24) is 5.32 Å². The van der Waals surface area contributed by atoms with Crippen LogP contribution in [0.25, 0.3) is 0 Å². The Kier molecular flexibility index (Phi) is 4.45. The quantitative estimate of drug-likeness (QED) is 0.691. The zero-order valence-corrected chi connectivity index (χ0v) is 10.8. The van der Waals surface area contributed by atoms with Gasteiger partial charge < -0.3 is 21.3 Å². The highest BCUT2D eigenvalue weighted by molar-refractivity contribution is 7.82. The fourth-order valence-corrected chi connectivity index (χ4v) is 1.51. The van der Waals surface area contributed by atoms with Gasteiger partial charge in [-0.15, -0.1) is 0 Å². The molecule has 0 unspecified atom stereocenters. The van der Waals surface area contributed by atoms with Crippen LogP contribution in [0.2, 0.25) is 0 Å². The van der Waals surface area contributed by atoms with Crippen molar-refractivity contribution < 1.29 is 0 Å². The predicted octanol–water partition coefficient (Wildman–Crippen LogP) is 1.28. The van der Waals surface area contributed by atoms with Crippen LogP contribution in [0.1, 0.15) is 0 Å². The number of nitrogens with zero attached hydrogens (tertiary/aromatic N) is 1. The van der Waals surface area contributed by atoms with Crippen LogP contribution in [0.3, 0.4) is 0 Å². The normalized spacial score (nSPS) is 9.38. The van der Waals surface area contributed by atoms with Gasteiger partial charge in [-0.1, -0.05) is 0 Å². The van der Waals surface area contributed by atoms with Crippen molar-refractivity contribution in [3.05, 3.63) is 24.3 Å². The van der Waals surface area contributed by atoms with Gasteiger partial charge in [0.05, 0.1) is 0 Å². The Labute approximate surface area is 106 Å². The number of nitrogens with one attached hydrogen (secondary N) is 2. The first kappa shape index (κ1) is 12.7. The van der Waals surface area contributed by atoms with Crippen LogP contribution in [0.4, 0.5) is 11.4 Å². The minimum Gasteiger partial charge on any atom is -0.378 e. The van der Waals surface area contributed by atoms with Crippen molar-refractivity contribution in [2.45, 2.75) is 0 Å². The first-order chi connectivity index (χ1) is 7.49. The number of hydrogen-bond acceptors (Lipinski definition) is 3. The van der Waals surface area contributed by atoms with Gasteiger partial charge in [0.15, 0.2) is 10.2 Å². The molecule has 0 saturated carbocycles. The van der Waals surface area contributed by atoms with Gasteiger partial charge in [0.2, 0.25) is 0 Å². The molecule has 0 spiro atoms. The van der Waals surface area contributed by atoms with E-state index in [1.807, 2.05) is 43.3 Å². The molecule has 16 heavy (non-hydrogen) atoms. The van der Waals surface area contributed by atoms with Crippen LogP contribution in [-0.2, 0) is 0 Å². The first-order valence-corrected chi connectivity index (χ1v) is 5.45. The van der Waals surface area contributed by atoms with Crippen molar-refractivity contribution in [2.75, 3.05) is 24.3 Å². The van der Waals surface area contributed by atoms with Gasteiger partial charge in [-0.25, -0.2) is 0 Å². The monoisotopic (exact) mass is 254 g/mol. The maximum Gasteiger partial charge on any atom is 0.177 e. The van der Waals surface area contributed by atoms with Crippen LogP contribution < -0.4 is 21.3 Å². The van der Waals surface area contributed by atoms with Crippen LogP contribution in [0, 0.1) is 0 Å². The highest BCUT2D eigenvalue weighted by atomic mass is 32.1. The Balaban J connectivity index is 2.62. The molecule has 6 heteroatoms. The summed E-state index contributed by atoms with van der Waals surface area (Å²) >= 11 is 9.67. The Morgan fingerprint density at radius 1 is 1.19 bits per heavy atom. The number of thiocarbonyl (C=S) groups is 2. The maximum atomic E-state index is 5.30. The smallest absolute Gasteiger partial charge is 0.177 e. The molecule has 1 aromatic carbocycles. The lowest BCUT2D eigenvalue weighted by molar-refractivity contribution is 1.13. The molecule has 0 aliphatic heterocycles. The standard InChI is InChI=1S/C10H14N4S2/c1-14(2)8-5-3-7(4-6-8)12-10(16)13-9(11)15/h3-6H,1-2H3,(H4,11,12,13,15,16). The van der Waals surface area contributed by atoms with Crippen LogP contribution in [0.5, 0.6) is 0 Å². The lowest BCUT2D eigenvalue weighted by Crippen LogP contribution is -2.37. The van der Waals surface area contributed by atoms with Crippen molar-refractivity contribution >= 4 is 46.0 Å². The van der Waals surface area contributed by atoms with E-state index in [1.54, 1.807) is 0 Å². The Morgan fingerprint density at radius 2 is 1.75 bits per heavy atom. The second-order valence-corrected chi connectivity index (χ2v) is 4.23. The zero-order valence-electron chi connectivity index (χ0n) is 9.15. The topological polar surface area (TPSA) is 53.3 Å². The third-order valence-electron chi connectivity index (χ3n) is 1.88. The Bertz CT molecular complexity index is 386. The average molecular weight is 254 g/mol. The summed E-state index contributed by atoms with van der Waals surface area (Å²) in [6, 6.07) is 7.85. The SMILES string of the molecule is CN(C)c1ccc(NC(=S)NC(N)=S)cc1. The van der Waals surface area contributed by atoms with Gasteiger partial charge in [-0.2, -0.15) is 0 Å². The van der Waals surface area contributed by atoms with Crippen molar-refractivity contribution in [2.24, 2.45) is 5.73 Å². The number of anilines is 2. The molecule has 0 radical (unpaired) electrons. The predicted molar refractivity (Wildman–Crippen MR) is 76.9 cm³/mol. The second kappa shape index (κ2) is 5.62. The molecule has 0 aliphatic carbocycles. The third-order valence-corrected chi connectivity index (χ3v) is 2.18. The number of nitrogens with two attached hydrogens (primary N) is 1. The van der Waals surface area contributed by atoms with Crippen molar-refractivity contribution in [1.29, 1.82) is 0 Å². The van der Waals surface area contributed by atoms with E-state index in [9.17, 15) is 0 Å². The lowest BCUT2D eigenvalue weighted by atomic mass is 10.2. The highest BCUT2D eigenvalue weighted by Crippen LogP contribution is 2.15. The summed E-state index contributed by atoms with van der Waals surface area (Å²) in [5, 5.41) is 6.17. The molecule has 0 bridgehead atoms. The van der Waals surface area contributed by atoms with Gasteiger partial charge >= 0.3 is 0 Å². The van der Waals surface area contributed by atoms with E-state index in [2.05, 4.69) is 22.9 Å². The van der Waals surface area contributed by atoms with Crippen LogP contribution >= 0.6 is 24.4 Å². The summed E-state index contributed by atoms with van der Waals surface area (Å²) in [5.74, 6) is 0. The van der Waals surface area contributed by atoms with E-state index in [0.717, 1.165) is 11.4 Å². The van der Waals surface area contributed by atoms with Gasteiger partial charge in [0, 0.05) is 25.5 Å². The number of rotatable bonds is 2. The van der Waals surface area contributed by atoms with E-state index >= 15 is 0 Å².